The Morgan fingerprint density at radius 2 is 2.08 bits per heavy atom. The van der Waals surface area contributed by atoms with Crippen LogP contribution in [0.15, 0.2) is 41.1 Å². The molecule has 4 heterocycles. The predicted octanol–water partition coefficient (Wildman–Crippen LogP) is 2.61. The van der Waals surface area contributed by atoms with Crippen LogP contribution in [0.2, 0.25) is 0 Å². The second kappa shape index (κ2) is 6.06. The quantitative estimate of drug-likeness (QED) is 0.867. The molecule has 0 unspecified atom stereocenters. The normalized spacial score (nSPS) is 24.4. The van der Waals surface area contributed by atoms with E-state index in [1.807, 2.05) is 42.3 Å². The molecule has 0 aromatic carbocycles. The molecule has 0 radical (unpaired) electrons. The van der Waals surface area contributed by atoms with Crippen LogP contribution in [0.3, 0.4) is 0 Å². The molecule has 0 aliphatic carbocycles. The summed E-state index contributed by atoms with van der Waals surface area (Å²) in [4.78, 5) is 21.5. The third-order valence-electron chi connectivity index (χ3n) is 5.31. The topological polar surface area (TPSA) is 49.6 Å². The molecule has 126 valence electrons. The van der Waals surface area contributed by atoms with Crippen molar-refractivity contribution in [2.24, 2.45) is 5.41 Å². The first-order chi connectivity index (χ1) is 11.6. The number of likely N-dealkylation sites (tertiary alicyclic amines) is 2. The highest BCUT2D eigenvalue weighted by Crippen LogP contribution is 2.41. The van der Waals surface area contributed by atoms with Crippen LogP contribution in [-0.4, -0.2) is 40.3 Å². The van der Waals surface area contributed by atoms with Crippen LogP contribution in [0.5, 0.6) is 0 Å². The van der Waals surface area contributed by atoms with Gasteiger partial charge < -0.3 is 9.32 Å². The lowest BCUT2D eigenvalue weighted by Crippen LogP contribution is -2.36. The lowest BCUT2D eigenvalue weighted by Gasteiger charge is -2.23. The molecule has 5 heteroatoms. The Balaban J connectivity index is 1.40. The average Bonchev–Trinajstić information content (AvgIpc) is 3.26. The highest BCUT2D eigenvalue weighted by atomic mass is 16.3. The van der Waals surface area contributed by atoms with Crippen molar-refractivity contribution in [2.45, 2.75) is 32.9 Å². The van der Waals surface area contributed by atoms with E-state index in [1.165, 1.54) is 0 Å². The number of aromatic nitrogens is 1. The zero-order chi connectivity index (χ0) is 16.6. The fraction of sp³-hybridized carbons (Fsp3) is 0.474. The number of hydrogen-bond acceptors (Lipinski definition) is 4. The van der Waals surface area contributed by atoms with Crippen LogP contribution in [0.1, 0.15) is 29.9 Å². The summed E-state index contributed by atoms with van der Waals surface area (Å²) >= 11 is 0. The smallest absolute Gasteiger partial charge is 0.230 e. The zero-order valence-electron chi connectivity index (χ0n) is 14.1. The summed E-state index contributed by atoms with van der Waals surface area (Å²) in [6.45, 7) is 6.09. The maximum Gasteiger partial charge on any atom is 0.230 e. The van der Waals surface area contributed by atoms with Gasteiger partial charge in [0, 0.05) is 32.0 Å². The number of aryl methyl sites for hydroxylation is 1. The van der Waals surface area contributed by atoms with Gasteiger partial charge in [-0.1, -0.05) is 6.07 Å². The number of nitrogens with zero attached hydrogens (tertiary/aromatic N) is 3. The van der Waals surface area contributed by atoms with Crippen molar-refractivity contribution in [1.82, 2.24) is 14.8 Å². The van der Waals surface area contributed by atoms with Gasteiger partial charge in [0.1, 0.15) is 11.5 Å². The van der Waals surface area contributed by atoms with Gasteiger partial charge in [-0.3, -0.25) is 14.7 Å². The van der Waals surface area contributed by atoms with Gasteiger partial charge in [-0.2, -0.15) is 0 Å². The van der Waals surface area contributed by atoms with Crippen LogP contribution in [-0.2, 0) is 17.9 Å². The minimum Gasteiger partial charge on any atom is -0.465 e. The highest BCUT2D eigenvalue weighted by Gasteiger charge is 2.50. The predicted molar refractivity (Wildman–Crippen MR) is 90.0 cm³/mol. The number of hydrogen-bond donors (Lipinski definition) is 0. The van der Waals surface area contributed by atoms with Gasteiger partial charge in [0.05, 0.1) is 12.0 Å². The number of carbonyl (C=O) groups excluding carboxylic acids is 1. The summed E-state index contributed by atoms with van der Waals surface area (Å²) < 4.78 is 5.68. The van der Waals surface area contributed by atoms with Gasteiger partial charge in [0.15, 0.2) is 0 Å². The summed E-state index contributed by atoms with van der Waals surface area (Å²) in [6.07, 6.45) is 5.52. The summed E-state index contributed by atoms with van der Waals surface area (Å²) in [6, 6.07) is 7.99. The van der Waals surface area contributed by atoms with Crippen molar-refractivity contribution in [3.05, 3.63) is 53.7 Å². The van der Waals surface area contributed by atoms with E-state index in [0.29, 0.717) is 12.5 Å². The number of pyridine rings is 1. The van der Waals surface area contributed by atoms with Crippen molar-refractivity contribution < 1.29 is 9.21 Å². The van der Waals surface area contributed by atoms with Gasteiger partial charge in [0.25, 0.3) is 0 Å². The Hall–Kier alpha value is -2.14. The van der Waals surface area contributed by atoms with E-state index in [2.05, 4.69) is 9.88 Å². The van der Waals surface area contributed by atoms with Crippen LogP contribution in [0.4, 0.5) is 0 Å². The summed E-state index contributed by atoms with van der Waals surface area (Å²) in [5.41, 5.74) is 0.910. The largest absolute Gasteiger partial charge is 0.465 e. The van der Waals surface area contributed by atoms with Crippen LogP contribution in [0, 0.1) is 12.3 Å². The van der Waals surface area contributed by atoms with E-state index in [0.717, 1.165) is 56.1 Å². The maximum atomic E-state index is 13.0. The number of carbonyl (C=O) groups is 1. The molecule has 2 aromatic heterocycles. The van der Waals surface area contributed by atoms with E-state index < -0.39 is 0 Å². The van der Waals surface area contributed by atoms with E-state index in [9.17, 15) is 4.79 Å². The third kappa shape index (κ3) is 2.84. The van der Waals surface area contributed by atoms with E-state index in [4.69, 9.17) is 4.42 Å². The summed E-state index contributed by atoms with van der Waals surface area (Å²) in [5, 5.41) is 0. The molecule has 2 aliphatic rings. The molecule has 1 spiro atoms. The first-order valence-electron chi connectivity index (χ1n) is 8.61. The average molecular weight is 325 g/mol. The Morgan fingerprint density at radius 1 is 1.21 bits per heavy atom. The van der Waals surface area contributed by atoms with E-state index >= 15 is 0 Å². The van der Waals surface area contributed by atoms with E-state index in [-0.39, 0.29) is 5.41 Å². The first-order valence-corrected chi connectivity index (χ1v) is 8.61. The van der Waals surface area contributed by atoms with Crippen molar-refractivity contribution in [1.29, 1.82) is 0 Å². The van der Waals surface area contributed by atoms with Crippen molar-refractivity contribution in [3.8, 4) is 0 Å². The molecule has 2 saturated heterocycles. The number of amides is 1. The standard InChI is InChI=1S/C19H23N3O2/c1-15-4-5-17(24-15)13-21-9-6-19(14-21)7-10-22(18(19)23)12-16-3-2-8-20-11-16/h2-5,8,11H,6-7,9-10,12-14H2,1H3/t19-/m0/s1. The van der Waals surface area contributed by atoms with Crippen LogP contribution in [0.25, 0.3) is 0 Å². The fourth-order valence-electron chi connectivity index (χ4n) is 4.02. The SMILES string of the molecule is Cc1ccc(CN2CC[C@]3(CCN(Cc4cccnc4)C3=O)C2)o1. The molecule has 1 amide bonds. The van der Waals surface area contributed by atoms with Crippen molar-refractivity contribution in [2.75, 3.05) is 19.6 Å². The lowest BCUT2D eigenvalue weighted by atomic mass is 9.85. The summed E-state index contributed by atoms with van der Waals surface area (Å²) in [7, 11) is 0. The molecule has 24 heavy (non-hydrogen) atoms. The Labute approximate surface area is 142 Å². The maximum absolute atomic E-state index is 13.0. The van der Waals surface area contributed by atoms with E-state index in [1.54, 1.807) is 6.20 Å². The minimum atomic E-state index is -0.191. The molecule has 2 fully saturated rings. The molecule has 0 bridgehead atoms. The number of rotatable bonds is 4. The molecule has 2 aromatic rings. The molecular weight excluding hydrogens is 302 g/mol. The zero-order valence-corrected chi connectivity index (χ0v) is 14.1. The molecule has 4 rings (SSSR count). The Bertz CT molecular complexity index is 727. The molecule has 0 N–H and O–H groups in total. The number of furan rings is 1. The molecule has 0 saturated carbocycles. The van der Waals surface area contributed by atoms with Gasteiger partial charge in [-0.25, -0.2) is 0 Å². The Kier molecular flexibility index (Phi) is 3.88. The lowest BCUT2D eigenvalue weighted by molar-refractivity contribution is -0.136. The third-order valence-corrected chi connectivity index (χ3v) is 5.31. The first kappa shape index (κ1) is 15.4. The van der Waals surface area contributed by atoms with Gasteiger partial charge in [-0.05, 0) is 50.1 Å². The fourth-order valence-corrected chi connectivity index (χ4v) is 4.02. The molecule has 1 atom stereocenters. The molecular formula is C19H23N3O2. The van der Waals surface area contributed by atoms with Gasteiger partial charge in [-0.15, -0.1) is 0 Å². The monoisotopic (exact) mass is 325 g/mol. The molecule has 5 nitrogen and oxygen atoms in total. The van der Waals surface area contributed by atoms with Crippen molar-refractivity contribution >= 4 is 5.91 Å². The second-order valence-corrected chi connectivity index (χ2v) is 7.09. The van der Waals surface area contributed by atoms with Crippen LogP contribution < -0.4 is 0 Å². The molecule has 2 aliphatic heterocycles. The highest BCUT2D eigenvalue weighted by molar-refractivity contribution is 5.85. The minimum absolute atomic E-state index is 0.191. The van der Waals surface area contributed by atoms with Crippen LogP contribution >= 0.6 is 0 Å². The summed E-state index contributed by atoms with van der Waals surface area (Å²) in [5.74, 6) is 2.24. The van der Waals surface area contributed by atoms with Gasteiger partial charge >= 0.3 is 0 Å². The van der Waals surface area contributed by atoms with Gasteiger partial charge in [0.2, 0.25) is 5.91 Å². The van der Waals surface area contributed by atoms with Crippen molar-refractivity contribution in [3.63, 3.8) is 0 Å². The second-order valence-electron chi connectivity index (χ2n) is 7.09. The Morgan fingerprint density at radius 3 is 2.83 bits per heavy atom.